The lowest BCUT2D eigenvalue weighted by Crippen LogP contribution is -2.23. The van der Waals surface area contributed by atoms with Gasteiger partial charge in [-0.1, -0.05) is 17.8 Å². The summed E-state index contributed by atoms with van der Waals surface area (Å²) in [5.74, 6) is 0. The van der Waals surface area contributed by atoms with Gasteiger partial charge in [-0.05, 0) is 32.2 Å². The van der Waals surface area contributed by atoms with Crippen LogP contribution in [0.1, 0.15) is 36.9 Å². The van der Waals surface area contributed by atoms with Crippen molar-refractivity contribution in [2.24, 2.45) is 5.73 Å². The van der Waals surface area contributed by atoms with E-state index in [1.165, 1.54) is 16.6 Å². The van der Waals surface area contributed by atoms with Crippen LogP contribution in [0.5, 0.6) is 0 Å². The Hall–Kier alpha value is -1.05. The van der Waals surface area contributed by atoms with Gasteiger partial charge < -0.3 is 5.73 Å². The first-order valence-electron chi connectivity index (χ1n) is 6.13. The molecule has 0 fully saturated rings. The Morgan fingerprint density at radius 3 is 2.74 bits per heavy atom. The molecule has 2 rings (SSSR count). The average molecular weight is 298 g/mol. The maximum atomic E-state index is 11.7. The van der Waals surface area contributed by atoms with Crippen molar-refractivity contribution in [1.82, 2.24) is 14.8 Å². The molecule has 0 radical (unpaired) electrons. The van der Waals surface area contributed by atoms with Crippen LogP contribution >= 0.6 is 23.1 Å². The number of thioether (sulfide) groups is 1. The molecule has 0 amide bonds. The van der Waals surface area contributed by atoms with Gasteiger partial charge in [-0.2, -0.15) is 0 Å². The third-order valence-electron chi connectivity index (χ3n) is 2.72. The van der Waals surface area contributed by atoms with Crippen LogP contribution in [0.3, 0.4) is 0 Å². The molecule has 2 heterocycles. The summed E-state index contributed by atoms with van der Waals surface area (Å²) in [4.78, 5) is 12.9. The van der Waals surface area contributed by atoms with Gasteiger partial charge in [-0.25, -0.2) is 9.89 Å². The number of thiophene rings is 1. The Bertz CT molecular complexity index is 571. The van der Waals surface area contributed by atoms with Crippen LogP contribution < -0.4 is 11.4 Å². The highest BCUT2D eigenvalue weighted by Crippen LogP contribution is 2.38. The van der Waals surface area contributed by atoms with Crippen molar-refractivity contribution in [3.05, 3.63) is 32.9 Å². The molecule has 2 atom stereocenters. The highest BCUT2D eigenvalue weighted by molar-refractivity contribution is 7.99. The van der Waals surface area contributed by atoms with E-state index in [-0.39, 0.29) is 23.0 Å². The van der Waals surface area contributed by atoms with Crippen molar-refractivity contribution in [2.75, 3.05) is 0 Å². The van der Waals surface area contributed by atoms with E-state index in [1.807, 2.05) is 32.2 Å². The van der Waals surface area contributed by atoms with Crippen LogP contribution in [-0.2, 0) is 0 Å². The summed E-state index contributed by atoms with van der Waals surface area (Å²) in [6.07, 6.45) is 0. The fourth-order valence-corrected chi connectivity index (χ4v) is 4.09. The van der Waals surface area contributed by atoms with E-state index < -0.39 is 0 Å². The van der Waals surface area contributed by atoms with Crippen LogP contribution in [0, 0.1) is 0 Å². The summed E-state index contributed by atoms with van der Waals surface area (Å²) >= 11 is 3.21. The largest absolute Gasteiger partial charge is 0.344 e. The summed E-state index contributed by atoms with van der Waals surface area (Å²) in [5, 5.41) is 9.44. The lowest BCUT2D eigenvalue weighted by atomic mass is 10.2. The second-order valence-electron chi connectivity index (χ2n) is 4.69. The number of rotatable bonds is 5. The molecule has 0 saturated carbocycles. The van der Waals surface area contributed by atoms with Crippen LogP contribution in [-0.4, -0.2) is 20.8 Å². The molecule has 0 aromatic carbocycles. The summed E-state index contributed by atoms with van der Waals surface area (Å²) < 4.78 is 1.66. The van der Waals surface area contributed by atoms with E-state index in [9.17, 15) is 4.79 Å². The van der Waals surface area contributed by atoms with Gasteiger partial charge in [0.25, 0.3) is 0 Å². The highest BCUT2D eigenvalue weighted by Gasteiger charge is 2.23. The summed E-state index contributed by atoms with van der Waals surface area (Å²) in [6.45, 7) is 5.90. The van der Waals surface area contributed by atoms with E-state index in [4.69, 9.17) is 5.73 Å². The third-order valence-corrected chi connectivity index (χ3v) is 5.26. The second kappa shape index (κ2) is 5.94. The van der Waals surface area contributed by atoms with Crippen molar-refractivity contribution in [3.63, 3.8) is 0 Å². The number of aromatic amines is 1. The topological polar surface area (TPSA) is 76.7 Å². The van der Waals surface area contributed by atoms with Crippen LogP contribution in [0.15, 0.2) is 27.5 Å². The number of nitrogens with one attached hydrogen (secondary N) is 1. The number of aromatic nitrogens is 3. The van der Waals surface area contributed by atoms with Gasteiger partial charge in [0.15, 0.2) is 5.16 Å². The molecule has 0 aliphatic heterocycles. The van der Waals surface area contributed by atoms with Crippen molar-refractivity contribution in [3.8, 4) is 0 Å². The highest BCUT2D eigenvalue weighted by atomic mass is 32.2. The average Bonchev–Trinajstić information content (AvgIpc) is 2.94. The number of hydrogen-bond acceptors (Lipinski definition) is 5. The number of nitrogens with zero attached hydrogens (tertiary/aromatic N) is 2. The van der Waals surface area contributed by atoms with Crippen molar-refractivity contribution >= 4 is 23.1 Å². The van der Waals surface area contributed by atoms with Gasteiger partial charge in [-0.15, -0.1) is 16.4 Å². The van der Waals surface area contributed by atoms with Crippen LogP contribution in [0.25, 0.3) is 0 Å². The summed E-state index contributed by atoms with van der Waals surface area (Å²) in [7, 11) is 0. The normalized spacial score (nSPS) is 14.8. The van der Waals surface area contributed by atoms with Crippen molar-refractivity contribution < 1.29 is 0 Å². The zero-order valence-electron chi connectivity index (χ0n) is 11.2. The number of hydrogen-bond donors (Lipinski definition) is 2. The van der Waals surface area contributed by atoms with Gasteiger partial charge in [0.1, 0.15) is 0 Å². The molecular weight excluding hydrogens is 280 g/mol. The molecule has 2 unspecified atom stereocenters. The first-order valence-corrected chi connectivity index (χ1v) is 7.89. The SMILES string of the molecule is CC(N)C(Sc1n[nH]c(=O)n1C(C)C)c1cccs1. The molecule has 0 aliphatic carbocycles. The molecule has 0 saturated heterocycles. The molecule has 104 valence electrons. The quantitative estimate of drug-likeness (QED) is 0.831. The van der Waals surface area contributed by atoms with Crippen LogP contribution in [0.2, 0.25) is 0 Å². The monoisotopic (exact) mass is 298 g/mol. The molecule has 5 nitrogen and oxygen atoms in total. The smallest absolute Gasteiger partial charge is 0.327 e. The molecule has 3 N–H and O–H groups in total. The molecular formula is C12H18N4OS2. The number of nitrogens with two attached hydrogens (primary N) is 1. The van der Waals surface area contributed by atoms with E-state index in [0.29, 0.717) is 5.16 Å². The van der Waals surface area contributed by atoms with E-state index in [1.54, 1.807) is 15.9 Å². The molecule has 0 aliphatic rings. The fourth-order valence-electron chi connectivity index (χ4n) is 1.82. The third kappa shape index (κ3) is 3.10. The Labute approximate surface area is 120 Å². The second-order valence-corrected chi connectivity index (χ2v) is 6.78. The van der Waals surface area contributed by atoms with Crippen LogP contribution in [0.4, 0.5) is 0 Å². The molecule has 7 heteroatoms. The van der Waals surface area contributed by atoms with Crippen molar-refractivity contribution in [1.29, 1.82) is 0 Å². The maximum Gasteiger partial charge on any atom is 0.344 e. The lowest BCUT2D eigenvalue weighted by molar-refractivity contribution is 0.532. The Morgan fingerprint density at radius 1 is 1.47 bits per heavy atom. The lowest BCUT2D eigenvalue weighted by Gasteiger charge is -2.19. The first kappa shape index (κ1) is 14.4. The Kier molecular flexibility index (Phi) is 4.49. The molecule has 2 aromatic heterocycles. The zero-order valence-corrected chi connectivity index (χ0v) is 12.8. The zero-order chi connectivity index (χ0) is 14.0. The van der Waals surface area contributed by atoms with E-state index in [0.717, 1.165) is 0 Å². The van der Waals surface area contributed by atoms with Gasteiger partial charge in [0.2, 0.25) is 0 Å². The van der Waals surface area contributed by atoms with Crippen molar-refractivity contribution in [2.45, 2.75) is 43.3 Å². The van der Waals surface area contributed by atoms with E-state index >= 15 is 0 Å². The minimum Gasteiger partial charge on any atom is -0.327 e. The van der Waals surface area contributed by atoms with Gasteiger partial charge >= 0.3 is 5.69 Å². The minimum atomic E-state index is -0.174. The summed E-state index contributed by atoms with van der Waals surface area (Å²) in [6, 6.07) is 4.13. The van der Waals surface area contributed by atoms with Gasteiger partial charge in [0, 0.05) is 17.0 Å². The predicted octanol–water partition coefficient (Wildman–Crippen LogP) is 2.39. The predicted molar refractivity (Wildman–Crippen MR) is 79.8 cm³/mol. The first-order chi connectivity index (χ1) is 9.00. The Balaban J connectivity index is 2.31. The van der Waals surface area contributed by atoms with Gasteiger partial charge in [0.05, 0.1) is 5.25 Å². The summed E-state index contributed by atoms with van der Waals surface area (Å²) in [5.41, 5.74) is 5.90. The fraction of sp³-hybridized carbons (Fsp3) is 0.500. The molecule has 0 spiro atoms. The standard InChI is InChI=1S/C12H18N4OS2/c1-7(2)16-11(17)14-15-12(16)19-10(8(3)13)9-5-4-6-18-9/h4-8,10H,13H2,1-3H3,(H,14,17). The molecule has 2 aromatic rings. The van der Waals surface area contributed by atoms with E-state index in [2.05, 4.69) is 16.3 Å². The Morgan fingerprint density at radius 2 is 2.21 bits per heavy atom. The minimum absolute atomic E-state index is 0.0175. The maximum absolute atomic E-state index is 11.7. The van der Waals surface area contributed by atoms with Gasteiger partial charge in [-0.3, -0.25) is 4.57 Å². The number of H-pyrrole nitrogens is 1. The molecule has 0 bridgehead atoms. The molecule has 19 heavy (non-hydrogen) atoms.